The van der Waals surface area contributed by atoms with E-state index in [-0.39, 0.29) is 10.8 Å². The molecule has 1 aliphatic carbocycles. The van der Waals surface area contributed by atoms with Crippen molar-refractivity contribution in [1.82, 2.24) is 0 Å². The molecule has 0 radical (unpaired) electrons. The zero-order chi connectivity index (χ0) is 14.5. The molecule has 2 aromatic rings. The number of nitrogen functional groups attached to an aromatic ring is 2. The monoisotopic (exact) mass is 266 g/mol. The Hall–Kier alpha value is -1.96. The molecule has 0 saturated carbocycles. The van der Waals surface area contributed by atoms with Crippen LogP contribution in [-0.4, -0.2) is 0 Å². The highest BCUT2D eigenvalue weighted by Crippen LogP contribution is 2.53. The van der Waals surface area contributed by atoms with Crippen molar-refractivity contribution in [3.8, 4) is 0 Å². The van der Waals surface area contributed by atoms with E-state index in [0.717, 1.165) is 17.8 Å². The van der Waals surface area contributed by atoms with Gasteiger partial charge in [0, 0.05) is 16.8 Å². The fraction of sp³-hybridized carbons (Fsp3) is 0.333. The van der Waals surface area contributed by atoms with Crippen LogP contribution in [0.2, 0.25) is 0 Å². The summed E-state index contributed by atoms with van der Waals surface area (Å²) >= 11 is 0. The summed E-state index contributed by atoms with van der Waals surface area (Å²) in [4.78, 5) is 0. The van der Waals surface area contributed by atoms with Crippen LogP contribution < -0.4 is 11.5 Å². The summed E-state index contributed by atoms with van der Waals surface area (Å²) in [7, 11) is 0. The van der Waals surface area contributed by atoms with Crippen molar-refractivity contribution in [3.63, 3.8) is 0 Å². The fourth-order valence-electron chi connectivity index (χ4n) is 3.79. The fourth-order valence-corrected chi connectivity index (χ4v) is 3.79. The lowest BCUT2D eigenvalue weighted by Crippen LogP contribution is -2.23. The van der Waals surface area contributed by atoms with Crippen LogP contribution >= 0.6 is 0 Å². The molecule has 20 heavy (non-hydrogen) atoms. The van der Waals surface area contributed by atoms with E-state index in [4.69, 9.17) is 11.5 Å². The third-order valence-electron chi connectivity index (χ3n) is 4.71. The van der Waals surface area contributed by atoms with Crippen LogP contribution in [0, 0.1) is 0 Å². The van der Waals surface area contributed by atoms with Gasteiger partial charge in [-0.05, 0) is 52.8 Å². The van der Waals surface area contributed by atoms with E-state index in [0.29, 0.717) is 0 Å². The minimum Gasteiger partial charge on any atom is -0.399 e. The molecule has 104 valence electrons. The predicted octanol–water partition coefficient (Wildman–Crippen LogP) is 3.84. The Balaban J connectivity index is 2.21. The molecule has 0 spiro atoms. The second-order valence-corrected chi connectivity index (χ2v) is 6.82. The molecule has 0 aromatic heterocycles. The van der Waals surface area contributed by atoms with Crippen LogP contribution in [0.1, 0.15) is 43.9 Å². The van der Waals surface area contributed by atoms with Gasteiger partial charge in [0.15, 0.2) is 0 Å². The van der Waals surface area contributed by atoms with Gasteiger partial charge in [-0.25, -0.2) is 0 Å². The molecular formula is C18H22N2. The molecule has 0 fully saturated rings. The first-order valence-corrected chi connectivity index (χ1v) is 7.09. The zero-order valence-corrected chi connectivity index (χ0v) is 12.4. The standard InChI is InChI=1S/C18H22N2/c1-17(2)11-18(3,12-4-6-13(19)7-5-12)16-10-14(20)8-9-15(16)17/h4-10H,11,19-20H2,1-3H3/t18-/m0/s1. The Kier molecular flexibility index (Phi) is 2.62. The van der Waals surface area contributed by atoms with Crippen molar-refractivity contribution in [3.05, 3.63) is 59.2 Å². The molecule has 2 heteroatoms. The maximum absolute atomic E-state index is 6.02. The van der Waals surface area contributed by atoms with E-state index in [1.807, 2.05) is 18.2 Å². The molecular weight excluding hydrogens is 244 g/mol. The van der Waals surface area contributed by atoms with Gasteiger partial charge in [-0.2, -0.15) is 0 Å². The summed E-state index contributed by atoms with van der Waals surface area (Å²) < 4.78 is 0. The molecule has 0 saturated heterocycles. The van der Waals surface area contributed by atoms with E-state index < -0.39 is 0 Å². The number of fused-ring (bicyclic) bond motifs is 1. The first-order valence-electron chi connectivity index (χ1n) is 7.09. The molecule has 0 amide bonds. The third-order valence-corrected chi connectivity index (χ3v) is 4.71. The van der Waals surface area contributed by atoms with Crippen molar-refractivity contribution in [1.29, 1.82) is 0 Å². The smallest absolute Gasteiger partial charge is 0.0317 e. The number of benzene rings is 2. The molecule has 4 N–H and O–H groups in total. The summed E-state index contributed by atoms with van der Waals surface area (Å²) in [5, 5.41) is 0. The summed E-state index contributed by atoms with van der Waals surface area (Å²) in [6.45, 7) is 6.93. The highest BCUT2D eigenvalue weighted by molar-refractivity contribution is 5.58. The molecule has 3 rings (SSSR count). The first-order chi connectivity index (χ1) is 9.33. The molecule has 0 aliphatic heterocycles. The Morgan fingerprint density at radius 3 is 2.05 bits per heavy atom. The first kappa shape index (κ1) is 13.0. The van der Waals surface area contributed by atoms with Crippen LogP contribution in [-0.2, 0) is 10.8 Å². The molecule has 1 aliphatic rings. The Bertz CT molecular complexity index is 656. The van der Waals surface area contributed by atoms with E-state index >= 15 is 0 Å². The van der Waals surface area contributed by atoms with Gasteiger partial charge in [0.05, 0.1) is 0 Å². The minimum atomic E-state index is 0.00190. The second-order valence-electron chi connectivity index (χ2n) is 6.82. The van der Waals surface area contributed by atoms with Crippen molar-refractivity contribution < 1.29 is 0 Å². The van der Waals surface area contributed by atoms with Crippen molar-refractivity contribution >= 4 is 11.4 Å². The largest absolute Gasteiger partial charge is 0.399 e. The van der Waals surface area contributed by atoms with Crippen LogP contribution in [0.5, 0.6) is 0 Å². The van der Waals surface area contributed by atoms with Gasteiger partial charge in [0.25, 0.3) is 0 Å². The SMILES string of the molecule is CC1(C)C[C@@](C)(c2ccc(N)cc2)c2cc(N)ccc21. The normalized spacial score (nSPS) is 23.6. The highest BCUT2D eigenvalue weighted by Gasteiger charge is 2.45. The van der Waals surface area contributed by atoms with Gasteiger partial charge >= 0.3 is 0 Å². The average Bonchev–Trinajstić information content (AvgIpc) is 2.58. The van der Waals surface area contributed by atoms with E-state index in [9.17, 15) is 0 Å². The van der Waals surface area contributed by atoms with Crippen LogP contribution in [0.15, 0.2) is 42.5 Å². The number of rotatable bonds is 1. The lowest BCUT2D eigenvalue weighted by molar-refractivity contribution is 0.425. The lowest BCUT2D eigenvalue weighted by Gasteiger charge is -2.28. The van der Waals surface area contributed by atoms with Gasteiger partial charge in [0.1, 0.15) is 0 Å². The van der Waals surface area contributed by atoms with Gasteiger partial charge in [-0.1, -0.05) is 39.0 Å². The lowest BCUT2D eigenvalue weighted by atomic mass is 9.75. The Morgan fingerprint density at radius 2 is 1.40 bits per heavy atom. The number of hydrogen-bond donors (Lipinski definition) is 2. The minimum absolute atomic E-state index is 0.00190. The average molecular weight is 266 g/mol. The summed E-state index contributed by atoms with van der Waals surface area (Å²) in [6.07, 6.45) is 1.09. The van der Waals surface area contributed by atoms with Crippen molar-refractivity contribution in [2.75, 3.05) is 11.5 Å². The quantitative estimate of drug-likeness (QED) is 0.770. The number of nitrogens with two attached hydrogens (primary N) is 2. The molecule has 0 unspecified atom stereocenters. The maximum Gasteiger partial charge on any atom is 0.0317 e. The summed E-state index contributed by atoms with van der Waals surface area (Å²) in [6, 6.07) is 14.6. The Morgan fingerprint density at radius 1 is 0.800 bits per heavy atom. The van der Waals surface area contributed by atoms with Crippen LogP contribution in [0.4, 0.5) is 11.4 Å². The molecule has 0 bridgehead atoms. The van der Waals surface area contributed by atoms with Crippen molar-refractivity contribution in [2.24, 2.45) is 0 Å². The van der Waals surface area contributed by atoms with Crippen LogP contribution in [0.25, 0.3) is 0 Å². The van der Waals surface area contributed by atoms with E-state index in [1.54, 1.807) is 0 Å². The third kappa shape index (κ3) is 1.79. The molecule has 2 nitrogen and oxygen atoms in total. The summed E-state index contributed by atoms with van der Waals surface area (Å²) in [5.41, 5.74) is 17.7. The van der Waals surface area contributed by atoms with Crippen molar-refractivity contribution in [2.45, 2.75) is 38.0 Å². The summed E-state index contributed by atoms with van der Waals surface area (Å²) in [5.74, 6) is 0. The Labute approximate surface area is 120 Å². The van der Waals surface area contributed by atoms with E-state index in [1.165, 1.54) is 16.7 Å². The van der Waals surface area contributed by atoms with Gasteiger partial charge in [-0.15, -0.1) is 0 Å². The molecule has 2 aromatic carbocycles. The molecule has 0 heterocycles. The molecule has 1 atom stereocenters. The number of anilines is 2. The predicted molar refractivity (Wildman–Crippen MR) is 85.8 cm³/mol. The van der Waals surface area contributed by atoms with Gasteiger partial charge < -0.3 is 11.5 Å². The highest BCUT2D eigenvalue weighted by atomic mass is 14.6. The second kappa shape index (κ2) is 4.02. The number of hydrogen-bond acceptors (Lipinski definition) is 2. The maximum atomic E-state index is 6.02. The van der Waals surface area contributed by atoms with Crippen LogP contribution in [0.3, 0.4) is 0 Å². The van der Waals surface area contributed by atoms with Gasteiger partial charge in [0.2, 0.25) is 0 Å². The zero-order valence-electron chi connectivity index (χ0n) is 12.4. The topological polar surface area (TPSA) is 52.0 Å². The van der Waals surface area contributed by atoms with E-state index in [2.05, 4.69) is 45.0 Å². The van der Waals surface area contributed by atoms with Gasteiger partial charge in [-0.3, -0.25) is 0 Å².